The lowest BCUT2D eigenvalue weighted by Crippen LogP contribution is -2.13. The van der Waals surface area contributed by atoms with Crippen LogP contribution in [0.5, 0.6) is 0 Å². The first kappa shape index (κ1) is 21.4. The summed E-state index contributed by atoms with van der Waals surface area (Å²) in [5, 5.41) is 0. The summed E-state index contributed by atoms with van der Waals surface area (Å²) in [5.41, 5.74) is 19.3. The van der Waals surface area contributed by atoms with Gasteiger partial charge in [-0.2, -0.15) is 0 Å². The van der Waals surface area contributed by atoms with Crippen LogP contribution in [0.4, 0.5) is 0 Å². The van der Waals surface area contributed by atoms with Crippen molar-refractivity contribution in [2.24, 2.45) is 17.4 Å². The van der Waals surface area contributed by atoms with Gasteiger partial charge in [0.15, 0.2) is 0 Å². The number of hydrogen-bond donors (Lipinski definition) is 2. The number of nitrogens with zero attached hydrogens (tertiary/aromatic N) is 1. The normalized spacial score (nSPS) is 11.1. The van der Waals surface area contributed by atoms with Gasteiger partial charge < -0.3 is 15.7 Å². The van der Waals surface area contributed by atoms with E-state index in [0.717, 1.165) is 57.7 Å². The molecule has 4 N–H and O–H groups in total. The van der Waals surface area contributed by atoms with Crippen LogP contribution in [-0.4, -0.2) is 11.0 Å². The molecule has 0 saturated heterocycles. The third kappa shape index (κ3) is 5.54. The lowest BCUT2D eigenvalue weighted by molar-refractivity contribution is -0.130. The predicted molar refractivity (Wildman–Crippen MR) is 112 cm³/mol. The molecule has 5 nitrogen and oxygen atoms in total. The Morgan fingerprint density at radius 2 is 1.81 bits per heavy atom. The molecule has 0 spiro atoms. The Balaban J connectivity index is 2.60. The van der Waals surface area contributed by atoms with E-state index >= 15 is 0 Å². The quantitative estimate of drug-likeness (QED) is 0.668. The Labute approximate surface area is 166 Å². The van der Waals surface area contributed by atoms with Crippen LogP contribution in [-0.2, 0) is 34.2 Å². The highest BCUT2D eigenvalue weighted by Crippen LogP contribution is 2.34. The molecule has 0 aliphatic rings. The van der Waals surface area contributed by atoms with E-state index in [-0.39, 0.29) is 5.97 Å². The minimum Gasteiger partial charge on any atom is -0.391 e. The van der Waals surface area contributed by atoms with Gasteiger partial charge >= 0.3 is 5.97 Å². The Morgan fingerprint density at radius 1 is 1.15 bits per heavy atom. The summed E-state index contributed by atoms with van der Waals surface area (Å²) in [6.07, 6.45) is 0.874. The summed E-state index contributed by atoms with van der Waals surface area (Å²) in [7, 11) is 0. The average molecular weight is 388 g/mol. The lowest BCUT2D eigenvalue weighted by Gasteiger charge is -2.21. The van der Waals surface area contributed by atoms with Crippen LogP contribution in [0.15, 0.2) is 24.3 Å². The molecule has 0 saturated carbocycles. The van der Waals surface area contributed by atoms with Crippen LogP contribution in [0.1, 0.15) is 48.8 Å². The zero-order chi connectivity index (χ0) is 20.0. The van der Waals surface area contributed by atoms with E-state index in [1.807, 2.05) is 19.1 Å². The van der Waals surface area contributed by atoms with E-state index in [1.54, 1.807) is 0 Å². The van der Waals surface area contributed by atoms with Gasteiger partial charge in [0.05, 0.1) is 17.8 Å². The molecule has 6 heteroatoms. The Bertz CT molecular complexity index is 789. The number of pyridine rings is 1. The maximum atomic E-state index is 11.2. The zero-order valence-electron chi connectivity index (χ0n) is 16.5. The van der Waals surface area contributed by atoms with Gasteiger partial charge in [0.1, 0.15) is 0 Å². The van der Waals surface area contributed by atoms with Crippen LogP contribution < -0.4 is 11.5 Å². The molecular formula is C21H29N3O2S. The van der Waals surface area contributed by atoms with Gasteiger partial charge in [0.2, 0.25) is 0 Å². The molecule has 2 aromatic rings. The molecule has 0 atom stereocenters. The van der Waals surface area contributed by atoms with Crippen molar-refractivity contribution in [3.63, 3.8) is 0 Å². The predicted octanol–water partition coefficient (Wildman–Crippen LogP) is 3.88. The average Bonchev–Trinajstić information content (AvgIpc) is 2.62. The van der Waals surface area contributed by atoms with Crippen molar-refractivity contribution in [3.8, 4) is 11.1 Å². The highest BCUT2D eigenvalue weighted by molar-refractivity contribution is 7.94. The monoisotopic (exact) mass is 387 g/mol. The molecule has 1 aromatic carbocycles. The van der Waals surface area contributed by atoms with Crippen LogP contribution in [0, 0.1) is 12.8 Å². The molecule has 1 aromatic heterocycles. The maximum absolute atomic E-state index is 11.2. The number of hydrogen-bond acceptors (Lipinski definition) is 6. The Kier molecular flexibility index (Phi) is 7.83. The number of benzene rings is 1. The van der Waals surface area contributed by atoms with Crippen molar-refractivity contribution >= 4 is 18.0 Å². The summed E-state index contributed by atoms with van der Waals surface area (Å²) in [6, 6.07) is 8.23. The van der Waals surface area contributed by atoms with Crippen LogP contribution in [0.3, 0.4) is 0 Å². The van der Waals surface area contributed by atoms with Crippen LogP contribution in [0.2, 0.25) is 0 Å². The van der Waals surface area contributed by atoms with E-state index in [1.165, 1.54) is 6.92 Å². The van der Waals surface area contributed by atoms with Gasteiger partial charge in [0.25, 0.3) is 0 Å². The van der Waals surface area contributed by atoms with Crippen molar-refractivity contribution in [1.82, 2.24) is 4.98 Å². The van der Waals surface area contributed by atoms with Gasteiger partial charge in [-0.25, -0.2) is 0 Å². The molecule has 146 valence electrons. The summed E-state index contributed by atoms with van der Waals surface area (Å²) in [6.45, 7) is 8.68. The van der Waals surface area contributed by atoms with Crippen LogP contribution >= 0.6 is 12.0 Å². The number of aromatic nitrogens is 1. The topological polar surface area (TPSA) is 91.2 Å². The third-order valence-electron chi connectivity index (χ3n) is 4.35. The second-order valence-corrected chi connectivity index (χ2v) is 7.71. The van der Waals surface area contributed by atoms with Gasteiger partial charge in [-0.05, 0) is 47.1 Å². The molecule has 2 rings (SSSR count). The van der Waals surface area contributed by atoms with Crippen LogP contribution in [0.25, 0.3) is 11.1 Å². The number of nitrogens with two attached hydrogens (primary N) is 2. The first-order valence-corrected chi connectivity index (χ1v) is 10.1. The van der Waals surface area contributed by atoms with Crippen molar-refractivity contribution in [2.45, 2.75) is 53.0 Å². The Morgan fingerprint density at radius 3 is 2.33 bits per heavy atom. The smallest absolute Gasteiger partial charge is 0.314 e. The number of rotatable bonds is 8. The fraction of sp³-hybridized carbons (Fsp3) is 0.429. The number of aryl methyl sites for hydroxylation is 1. The molecule has 0 fully saturated rings. The minimum atomic E-state index is -0.310. The molecule has 0 radical (unpaired) electrons. The molecular weight excluding hydrogens is 358 g/mol. The molecule has 0 aliphatic heterocycles. The van der Waals surface area contributed by atoms with Crippen molar-refractivity contribution < 1.29 is 8.98 Å². The number of carbonyl (C=O) groups is 1. The van der Waals surface area contributed by atoms with E-state index in [9.17, 15) is 4.79 Å². The third-order valence-corrected chi connectivity index (χ3v) is 5.11. The standard InChI is InChI=1S/C21H29N3O2S/c1-13(2)9-20-18(11-23)21(17-7-5-16(10-22)6-8-17)19(14(3)24-20)12-27-26-15(4)25/h5-8,13H,9-12,22-23H2,1-4H3. The molecule has 1 heterocycles. The molecule has 27 heavy (non-hydrogen) atoms. The van der Waals surface area contributed by atoms with Crippen molar-refractivity contribution in [2.75, 3.05) is 0 Å². The van der Waals surface area contributed by atoms with Gasteiger partial charge in [0, 0.05) is 31.4 Å². The number of carbonyl (C=O) groups excluding carboxylic acids is 1. The highest BCUT2D eigenvalue weighted by atomic mass is 32.2. The highest BCUT2D eigenvalue weighted by Gasteiger charge is 2.19. The van der Waals surface area contributed by atoms with E-state index in [4.69, 9.17) is 20.6 Å². The van der Waals surface area contributed by atoms with Gasteiger partial charge in [-0.1, -0.05) is 38.1 Å². The second kappa shape index (κ2) is 9.88. The van der Waals surface area contributed by atoms with E-state index in [2.05, 4.69) is 26.0 Å². The fourth-order valence-corrected chi connectivity index (χ4v) is 3.82. The molecule has 0 unspecified atom stereocenters. The first-order valence-electron chi connectivity index (χ1n) is 9.18. The van der Waals surface area contributed by atoms with Crippen molar-refractivity contribution in [1.29, 1.82) is 0 Å². The van der Waals surface area contributed by atoms with Crippen molar-refractivity contribution in [3.05, 3.63) is 52.3 Å². The first-order chi connectivity index (χ1) is 12.9. The molecule has 0 bridgehead atoms. The Hall–Kier alpha value is -1.89. The fourth-order valence-electron chi connectivity index (χ4n) is 3.12. The van der Waals surface area contributed by atoms with Gasteiger partial charge in [-0.15, -0.1) is 0 Å². The maximum Gasteiger partial charge on any atom is 0.314 e. The largest absolute Gasteiger partial charge is 0.391 e. The molecule has 0 amide bonds. The second-order valence-electron chi connectivity index (χ2n) is 7.02. The van der Waals surface area contributed by atoms with E-state index in [0.29, 0.717) is 24.8 Å². The molecule has 0 aliphatic carbocycles. The summed E-state index contributed by atoms with van der Waals surface area (Å²) < 4.78 is 5.10. The SMILES string of the molecule is CC(=O)OSCc1c(C)nc(CC(C)C)c(CN)c1-c1ccc(CN)cc1. The van der Waals surface area contributed by atoms with E-state index < -0.39 is 0 Å². The summed E-state index contributed by atoms with van der Waals surface area (Å²) in [4.78, 5) is 16.0. The minimum absolute atomic E-state index is 0.310. The lowest BCUT2D eigenvalue weighted by atomic mass is 9.90. The summed E-state index contributed by atoms with van der Waals surface area (Å²) >= 11 is 1.13. The van der Waals surface area contributed by atoms with Gasteiger partial charge in [-0.3, -0.25) is 9.78 Å². The zero-order valence-corrected chi connectivity index (χ0v) is 17.4. The summed E-state index contributed by atoms with van der Waals surface area (Å²) in [5.74, 6) is 0.701.